The van der Waals surface area contributed by atoms with Crippen LogP contribution in [0.1, 0.15) is 34.5 Å². The fourth-order valence-corrected chi connectivity index (χ4v) is 4.84. The molecule has 0 spiro atoms. The topological polar surface area (TPSA) is 109 Å². The number of anilines is 1. The zero-order chi connectivity index (χ0) is 22.9. The van der Waals surface area contributed by atoms with Crippen LogP contribution in [0.4, 0.5) is 5.69 Å². The van der Waals surface area contributed by atoms with Gasteiger partial charge in [-0.3, -0.25) is 4.79 Å². The standard InChI is InChI=1S/C23H25N3O5S/c1-26(2)32(29,30)17-7-5-6-16(13-17)24-22(27)14-31-23(28)15-10-11-21-19(12-15)18-8-3-4-9-20(18)25-21/h5-7,10-13,25H,3-4,8-9,14H2,1-2H3,(H,24,27). The number of nitrogens with zero attached hydrogens (tertiary/aromatic N) is 1. The van der Waals surface area contributed by atoms with Crippen molar-refractivity contribution in [2.75, 3.05) is 26.0 Å². The molecule has 0 saturated carbocycles. The zero-order valence-corrected chi connectivity index (χ0v) is 18.8. The van der Waals surface area contributed by atoms with Crippen LogP contribution < -0.4 is 5.32 Å². The predicted molar refractivity (Wildman–Crippen MR) is 121 cm³/mol. The van der Waals surface area contributed by atoms with Gasteiger partial charge in [0.15, 0.2) is 6.61 Å². The monoisotopic (exact) mass is 455 g/mol. The predicted octanol–water partition coefficient (Wildman–Crippen LogP) is 3.09. The maximum absolute atomic E-state index is 12.5. The Morgan fingerprint density at radius 3 is 2.66 bits per heavy atom. The number of nitrogens with one attached hydrogen (secondary N) is 2. The quantitative estimate of drug-likeness (QED) is 0.555. The maximum Gasteiger partial charge on any atom is 0.338 e. The summed E-state index contributed by atoms with van der Waals surface area (Å²) in [6.07, 6.45) is 4.29. The van der Waals surface area contributed by atoms with Crippen molar-refractivity contribution >= 4 is 38.5 Å². The molecule has 4 rings (SSSR count). The van der Waals surface area contributed by atoms with Crippen molar-refractivity contribution in [3.8, 4) is 0 Å². The Kier molecular flexibility index (Phi) is 6.03. The van der Waals surface area contributed by atoms with E-state index in [1.807, 2.05) is 12.1 Å². The number of hydrogen-bond acceptors (Lipinski definition) is 5. The average Bonchev–Trinajstić information content (AvgIpc) is 3.15. The summed E-state index contributed by atoms with van der Waals surface area (Å²) in [6.45, 7) is -0.479. The van der Waals surface area contributed by atoms with Crippen LogP contribution in [0, 0.1) is 0 Å². The fraction of sp³-hybridized carbons (Fsp3) is 0.304. The van der Waals surface area contributed by atoms with Crippen molar-refractivity contribution in [2.24, 2.45) is 0 Å². The molecule has 1 heterocycles. The Balaban J connectivity index is 1.41. The van der Waals surface area contributed by atoms with Crippen LogP contribution >= 0.6 is 0 Å². The minimum atomic E-state index is -3.62. The first-order valence-corrected chi connectivity index (χ1v) is 11.8. The van der Waals surface area contributed by atoms with Crippen LogP contribution in [-0.2, 0) is 32.4 Å². The molecular weight excluding hydrogens is 430 g/mol. The second kappa shape index (κ2) is 8.76. The van der Waals surface area contributed by atoms with Gasteiger partial charge in [-0.15, -0.1) is 0 Å². The Morgan fingerprint density at radius 1 is 1.09 bits per heavy atom. The largest absolute Gasteiger partial charge is 0.452 e. The number of aromatic nitrogens is 1. The number of sulfonamides is 1. The van der Waals surface area contributed by atoms with Gasteiger partial charge in [-0.1, -0.05) is 6.07 Å². The third-order valence-corrected chi connectivity index (χ3v) is 7.38. The van der Waals surface area contributed by atoms with E-state index in [9.17, 15) is 18.0 Å². The van der Waals surface area contributed by atoms with Crippen LogP contribution in [0.3, 0.4) is 0 Å². The molecule has 0 fully saturated rings. The summed E-state index contributed by atoms with van der Waals surface area (Å²) < 4.78 is 30.8. The van der Waals surface area contributed by atoms with Crippen molar-refractivity contribution in [1.29, 1.82) is 0 Å². The molecule has 0 unspecified atom stereocenters. The van der Waals surface area contributed by atoms with Crippen LogP contribution in [0.5, 0.6) is 0 Å². The lowest BCUT2D eigenvalue weighted by molar-refractivity contribution is -0.119. The molecule has 0 saturated heterocycles. The van der Waals surface area contributed by atoms with E-state index in [2.05, 4.69) is 10.3 Å². The lowest BCUT2D eigenvalue weighted by Gasteiger charge is -2.13. The molecular formula is C23H25N3O5S. The highest BCUT2D eigenvalue weighted by molar-refractivity contribution is 7.89. The first-order valence-electron chi connectivity index (χ1n) is 10.4. The molecule has 9 heteroatoms. The van der Waals surface area contributed by atoms with Gasteiger partial charge in [0.05, 0.1) is 10.5 Å². The summed E-state index contributed by atoms with van der Waals surface area (Å²) in [4.78, 5) is 28.2. The van der Waals surface area contributed by atoms with Crippen molar-refractivity contribution < 1.29 is 22.7 Å². The number of fused-ring (bicyclic) bond motifs is 3. The molecule has 0 radical (unpaired) electrons. The molecule has 1 aliphatic carbocycles. The first kappa shape index (κ1) is 22.0. The minimum Gasteiger partial charge on any atom is -0.452 e. The highest BCUT2D eigenvalue weighted by Gasteiger charge is 2.19. The van der Waals surface area contributed by atoms with Gasteiger partial charge < -0.3 is 15.0 Å². The van der Waals surface area contributed by atoms with Crippen LogP contribution in [0.2, 0.25) is 0 Å². The molecule has 0 bridgehead atoms. The summed E-state index contributed by atoms with van der Waals surface area (Å²) in [7, 11) is -0.760. The molecule has 0 atom stereocenters. The maximum atomic E-state index is 12.5. The van der Waals surface area contributed by atoms with E-state index in [0.717, 1.165) is 40.9 Å². The lowest BCUT2D eigenvalue weighted by atomic mass is 9.95. The van der Waals surface area contributed by atoms with Crippen LogP contribution in [0.25, 0.3) is 10.9 Å². The van der Waals surface area contributed by atoms with E-state index in [0.29, 0.717) is 11.3 Å². The summed E-state index contributed by atoms with van der Waals surface area (Å²) in [5, 5.41) is 3.59. The Labute approximate surface area is 186 Å². The molecule has 1 aliphatic rings. The molecule has 168 valence electrons. The lowest BCUT2D eigenvalue weighted by Crippen LogP contribution is -2.23. The number of rotatable bonds is 6. The second-order valence-electron chi connectivity index (χ2n) is 7.99. The number of hydrogen-bond donors (Lipinski definition) is 2. The number of carbonyl (C=O) groups excluding carboxylic acids is 2. The average molecular weight is 456 g/mol. The molecule has 32 heavy (non-hydrogen) atoms. The molecule has 3 aromatic rings. The van der Waals surface area contributed by atoms with Gasteiger partial charge in [0.2, 0.25) is 10.0 Å². The fourth-order valence-electron chi connectivity index (χ4n) is 3.89. The van der Waals surface area contributed by atoms with Crippen molar-refractivity contribution in [3.05, 3.63) is 59.3 Å². The van der Waals surface area contributed by atoms with Gasteiger partial charge in [0.25, 0.3) is 5.91 Å². The van der Waals surface area contributed by atoms with E-state index in [1.54, 1.807) is 12.1 Å². The summed E-state index contributed by atoms with van der Waals surface area (Å²) in [5.74, 6) is -1.14. The number of amides is 1. The SMILES string of the molecule is CN(C)S(=O)(=O)c1cccc(NC(=O)COC(=O)c2ccc3[nH]c4c(c3c2)CCCC4)c1. The van der Waals surface area contributed by atoms with E-state index in [1.165, 1.54) is 43.6 Å². The van der Waals surface area contributed by atoms with E-state index in [-0.39, 0.29) is 4.90 Å². The number of H-pyrrole nitrogens is 1. The number of carbonyl (C=O) groups is 2. The van der Waals surface area contributed by atoms with Gasteiger partial charge >= 0.3 is 5.97 Å². The number of aryl methyl sites for hydroxylation is 2. The third-order valence-electron chi connectivity index (χ3n) is 5.56. The highest BCUT2D eigenvalue weighted by atomic mass is 32.2. The Hall–Kier alpha value is -3.17. The Morgan fingerprint density at radius 2 is 1.88 bits per heavy atom. The van der Waals surface area contributed by atoms with Gasteiger partial charge in [-0.25, -0.2) is 17.5 Å². The molecule has 1 aromatic heterocycles. The van der Waals surface area contributed by atoms with Gasteiger partial charge in [0, 0.05) is 36.4 Å². The number of aromatic amines is 1. The van der Waals surface area contributed by atoms with E-state index in [4.69, 9.17) is 4.74 Å². The van der Waals surface area contributed by atoms with Crippen LogP contribution in [-0.4, -0.2) is 50.3 Å². The smallest absolute Gasteiger partial charge is 0.338 e. The van der Waals surface area contributed by atoms with Gasteiger partial charge in [-0.2, -0.15) is 0 Å². The second-order valence-corrected chi connectivity index (χ2v) is 10.1. The normalized spacial score (nSPS) is 13.7. The first-order chi connectivity index (χ1) is 15.3. The zero-order valence-electron chi connectivity index (χ0n) is 18.0. The van der Waals surface area contributed by atoms with Crippen LogP contribution in [0.15, 0.2) is 47.4 Å². The highest BCUT2D eigenvalue weighted by Crippen LogP contribution is 2.29. The number of esters is 1. The van der Waals surface area contributed by atoms with Crippen molar-refractivity contribution in [2.45, 2.75) is 30.6 Å². The minimum absolute atomic E-state index is 0.0560. The van der Waals surface area contributed by atoms with Crippen molar-refractivity contribution in [3.63, 3.8) is 0 Å². The molecule has 2 aromatic carbocycles. The van der Waals surface area contributed by atoms with Gasteiger partial charge in [-0.05, 0) is 67.6 Å². The van der Waals surface area contributed by atoms with E-state index >= 15 is 0 Å². The van der Waals surface area contributed by atoms with Crippen molar-refractivity contribution in [1.82, 2.24) is 9.29 Å². The molecule has 0 aliphatic heterocycles. The molecule has 2 N–H and O–H groups in total. The summed E-state index contributed by atoms with van der Waals surface area (Å²) >= 11 is 0. The third kappa shape index (κ3) is 4.39. The van der Waals surface area contributed by atoms with Gasteiger partial charge in [0.1, 0.15) is 0 Å². The Bertz CT molecular complexity index is 1290. The summed E-state index contributed by atoms with van der Waals surface area (Å²) in [5.41, 5.74) is 4.17. The molecule has 8 nitrogen and oxygen atoms in total. The molecule has 1 amide bonds. The number of benzene rings is 2. The summed E-state index contributed by atoms with van der Waals surface area (Å²) in [6, 6.07) is 11.3. The number of ether oxygens (including phenoxy) is 1. The van der Waals surface area contributed by atoms with E-state index < -0.39 is 28.5 Å².